The summed E-state index contributed by atoms with van der Waals surface area (Å²) in [5.41, 5.74) is 0.600. The number of hydrogen-bond donors (Lipinski definition) is 0. The summed E-state index contributed by atoms with van der Waals surface area (Å²) >= 11 is 0. The molecule has 1 rings (SSSR count). The second-order valence-electron chi connectivity index (χ2n) is 3.30. The Morgan fingerprint density at radius 3 is 2.79 bits per heavy atom. The maximum absolute atomic E-state index is 12.6. The van der Waals surface area contributed by atoms with Gasteiger partial charge in [-0.25, -0.2) is 0 Å². The number of esters is 1. The van der Waals surface area contributed by atoms with E-state index < -0.39 is 11.9 Å². The van der Waals surface area contributed by atoms with Crippen molar-refractivity contribution in [3.05, 3.63) is 17.7 Å². The molecule has 0 aliphatic heterocycles. The monoisotopic (exact) mass is 200 g/mol. The van der Waals surface area contributed by atoms with E-state index in [4.69, 9.17) is 4.74 Å². The molecule has 0 amide bonds. The zero-order valence-corrected chi connectivity index (χ0v) is 8.45. The molecule has 0 spiro atoms. The molecular formula is C9H13FN2O2. The number of ether oxygens (including phenoxy) is 1. The zero-order valence-electron chi connectivity index (χ0n) is 8.45. The molecular weight excluding hydrogens is 187 g/mol. The van der Waals surface area contributed by atoms with Crippen molar-refractivity contribution in [2.45, 2.75) is 33.4 Å². The van der Waals surface area contributed by atoms with Gasteiger partial charge in [-0.2, -0.15) is 4.39 Å². The Bertz CT molecular complexity index is 334. The lowest BCUT2D eigenvalue weighted by atomic mass is 10.4. The van der Waals surface area contributed by atoms with Crippen LogP contribution in [0.2, 0.25) is 0 Å². The summed E-state index contributed by atoms with van der Waals surface area (Å²) in [7, 11) is 0. The van der Waals surface area contributed by atoms with E-state index in [0.29, 0.717) is 5.69 Å². The van der Waals surface area contributed by atoms with Gasteiger partial charge in [-0.15, -0.1) is 5.10 Å². The third-order valence-corrected chi connectivity index (χ3v) is 1.60. The van der Waals surface area contributed by atoms with E-state index in [1.165, 1.54) is 10.7 Å². The molecule has 78 valence electrons. The molecule has 14 heavy (non-hydrogen) atoms. The largest absolute Gasteiger partial charge is 0.462 e. The van der Waals surface area contributed by atoms with Crippen LogP contribution in [-0.2, 0) is 16.1 Å². The maximum atomic E-state index is 12.6. The molecule has 0 radical (unpaired) electrons. The van der Waals surface area contributed by atoms with Crippen molar-refractivity contribution >= 4 is 5.97 Å². The van der Waals surface area contributed by atoms with Crippen LogP contribution in [0, 0.1) is 12.9 Å². The molecule has 0 fully saturated rings. The van der Waals surface area contributed by atoms with Gasteiger partial charge in [-0.05, 0) is 20.8 Å². The molecule has 0 saturated carbocycles. The highest BCUT2D eigenvalue weighted by Gasteiger charge is 2.10. The average molecular weight is 200 g/mol. The van der Waals surface area contributed by atoms with Crippen LogP contribution < -0.4 is 0 Å². The second-order valence-corrected chi connectivity index (χ2v) is 3.30. The van der Waals surface area contributed by atoms with Crippen molar-refractivity contribution in [2.75, 3.05) is 0 Å². The first kappa shape index (κ1) is 10.7. The van der Waals surface area contributed by atoms with Crippen LogP contribution in [0.15, 0.2) is 6.07 Å². The molecule has 0 saturated heterocycles. The molecule has 1 aromatic heterocycles. The predicted octanol–water partition coefficient (Wildman–Crippen LogP) is 1.28. The van der Waals surface area contributed by atoms with Crippen LogP contribution in [-0.4, -0.2) is 21.9 Å². The van der Waals surface area contributed by atoms with Crippen molar-refractivity contribution < 1.29 is 13.9 Å². The van der Waals surface area contributed by atoms with Gasteiger partial charge < -0.3 is 4.74 Å². The van der Waals surface area contributed by atoms with Crippen LogP contribution in [0.5, 0.6) is 0 Å². The average Bonchev–Trinajstić information content (AvgIpc) is 2.28. The standard InChI is InChI=1S/C9H13FN2O2/c1-6(2)14-9(13)5-12-7(3)4-8(10)11-12/h4,6H,5H2,1-3H3. The highest BCUT2D eigenvalue weighted by atomic mass is 19.1. The van der Waals surface area contributed by atoms with Gasteiger partial charge in [-0.3, -0.25) is 9.48 Å². The minimum absolute atomic E-state index is 0.0477. The van der Waals surface area contributed by atoms with E-state index in [9.17, 15) is 9.18 Å². The number of rotatable bonds is 3. The first-order chi connectivity index (χ1) is 6.49. The Kier molecular flexibility index (Phi) is 3.22. The fraction of sp³-hybridized carbons (Fsp3) is 0.556. The molecule has 1 aromatic rings. The SMILES string of the molecule is Cc1cc(F)nn1CC(=O)OC(C)C. The fourth-order valence-corrected chi connectivity index (χ4v) is 1.05. The van der Waals surface area contributed by atoms with Crippen LogP contribution in [0.4, 0.5) is 4.39 Å². The van der Waals surface area contributed by atoms with Gasteiger partial charge >= 0.3 is 5.97 Å². The third-order valence-electron chi connectivity index (χ3n) is 1.60. The van der Waals surface area contributed by atoms with Crippen molar-refractivity contribution in [1.29, 1.82) is 0 Å². The summed E-state index contributed by atoms with van der Waals surface area (Å²) in [5.74, 6) is -0.994. The molecule has 0 bridgehead atoms. The van der Waals surface area contributed by atoms with E-state index in [1.54, 1.807) is 20.8 Å². The summed E-state index contributed by atoms with van der Waals surface area (Å²) in [6, 6.07) is 1.27. The van der Waals surface area contributed by atoms with Crippen LogP contribution in [0.25, 0.3) is 0 Å². The molecule has 5 heteroatoms. The quantitative estimate of drug-likeness (QED) is 0.690. The minimum Gasteiger partial charge on any atom is -0.462 e. The Balaban J connectivity index is 2.60. The minimum atomic E-state index is -0.583. The molecule has 0 aliphatic carbocycles. The molecule has 0 N–H and O–H groups in total. The third kappa shape index (κ3) is 2.83. The summed E-state index contributed by atoms with van der Waals surface area (Å²) in [5, 5.41) is 3.51. The first-order valence-corrected chi connectivity index (χ1v) is 4.38. The highest BCUT2D eigenvalue weighted by Crippen LogP contribution is 2.02. The number of aryl methyl sites for hydroxylation is 1. The van der Waals surface area contributed by atoms with E-state index >= 15 is 0 Å². The van der Waals surface area contributed by atoms with Crippen molar-refractivity contribution in [3.8, 4) is 0 Å². The number of aromatic nitrogens is 2. The van der Waals surface area contributed by atoms with Gasteiger partial charge in [0.2, 0.25) is 5.95 Å². The van der Waals surface area contributed by atoms with Crippen LogP contribution in [0.3, 0.4) is 0 Å². The van der Waals surface area contributed by atoms with Crippen molar-refractivity contribution in [1.82, 2.24) is 9.78 Å². The van der Waals surface area contributed by atoms with Gasteiger partial charge in [0, 0.05) is 11.8 Å². The van der Waals surface area contributed by atoms with Gasteiger partial charge in [0.1, 0.15) is 6.54 Å². The van der Waals surface area contributed by atoms with E-state index in [1.807, 2.05) is 0 Å². The van der Waals surface area contributed by atoms with E-state index in [2.05, 4.69) is 5.10 Å². The van der Waals surface area contributed by atoms with Gasteiger partial charge in [0.05, 0.1) is 6.10 Å². The van der Waals surface area contributed by atoms with Crippen LogP contribution in [0.1, 0.15) is 19.5 Å². The summed E-state index contributed by atoms with van der Waals surface area (Å²) in [4.78, 5) is 11.2. The molecule has 0 atom stereocenters. The lowest BCUT2D eigenvalue weighted by Crippen LogP contribution is -2.19. The van der Waals surface area contributed by atoms with Crippen molar-refractivity contribution in [2.24, 2.45) is 0 Å². The number of halogens is 1. The van der Waals surface area contributed by atoms with Crippen molar-refractivity contribution in [3.63, 3.8) is 0 Å². The van der Waals surface area contributed by atoms with Gasteiger partial charge in [-0.1, -0.05) is 0 Å². The molecule has 1 heterocycles. The number of hydrogen-bond acceptors (Lipinski definition) is 3. The second kappa shape index (κ2) is 4.21. The van der Waals surface area contributed by atoms with Gasteiger partial charge in [0.15, 0.2) is 0 Å². The van der Waals surface area contributed by atoms with Gasteiger partial charge in [0.25, 0.3) is 0 Å². The molecule has 0 aliphatic rings. The van der Waals surface area contributed by atoms with Crippen LogP contribution >= 0.6 is 0 Å². The maximum Gasteiger partial charge on any atom is 0.328 e. The topological polar surface area (TPSA) is 44.1 Å². The Morgan fingerprint density at radius 2 is 2.36 bits per heavy atom. The Labute approximate surface area is 81.7 Å². The molecule has 0 unspecified atom stereocenters. The predicted molar refractivity (Wildman–Crippen MR) is 48.2 cm³/mol. The Hall–Kier alpha value is -1.39. The van der Waals surface area contributed by atoms with E-state index in [0.717, 1.165) is 0 Å². The zero-order chi connectivity index (χ0) is 10.7. The highest BCUT2D eigenvalue weighted by molar-refractivity contribution is 5.69. The summed E-state index contributed by atoms with van der Waals surface area (Å²) < 4.78 is 18.8. The first-order valence-electron chi connectivity index (χ1n) is 4.38. The normalized spacial score (nSPS) is 10.6. The number of nitrogens with zero attached hydrogens (tertiary/aromatic N) is 2. The lowest BCUT2D eigenvalue weighted by molar-refractivity contribution is -0.148. The number of carbonyl (C=O) groups excluding carboxylic acids is 1. The molecule has 0 aromatic carbocycles. The Morgan fingerprint density at radius 1 is 1.71 bits per heavy atom. The number of carbonyl (C=O) groups is 1. The summed E-state index contributed by atoms with van der Waals surface area (Å²) in [6.07, 6.45) is -0.164. The smallest absolute Gasteiger partial charge is 0.328 e. The molecule has 4 nitrogen and oxygen atoms in total. The summed E-state index contributed by atoms with van der Waals surface area (Å²) in [6.45, 7) is 5.15. The lowest BCUT2D eigenvalue weighted by Gasteiger charge is -2.08. The van der Waals surface area contributed by atoms with E-state index in [-0.39, 0.29) is 12.6 Å². The fourth-order valence-electron chi connectivity index (χ4n) is 1.05.